The number of sulfonamides is 1. The molecule has 2 heterocycles. The van der Waals surface area contributed by atoms with Crippen LogP contribution in [0, 0.1) is 5.82 Å². The molecule has 1 aliphatic rings. The molecule has 9 heteroatoms. The first-order chi connectivity index (χ1) is 13.8. The number of rotatable bonds is 5. The lowest BCUT2D eigenvalue weighted by Gasteiger charge is -2.31. The third kappa shape index (κ3) is 3.40. The van der Waals surface area contributed by atoms with Crippen LogP contribution in [-0.2, 0) is 34.2 Å². The van der Waals surface area contributed by atoms with Gasteiger partial charge in [-0.05, 0) is 55.7 Å². The molecule has 4 rings (SSSR count). The van der Waals surface area contributed by atoms with E-state index >= 15 is 0 Å². The largest absolute Gasteiger partial charge is 0.480 e. The minimum atomic E-state index is -3.78. The van der Waals surface area contributed by atoms with Crippen LogP contribution in [0.25, 0.3) is 11.0 Å². The molecular weight excluding hydrogens is 397 g/mol. The highest BCUT2D eigenvalue weighted by Crippen LogP contribution is 2.33. The van der Waals surface area contributed by atoms with Crippen LogP contribution in [0.5, 0.6) is 0 Å². The van der Waals surface area contributed by atoms with Gasteiger partial charge in [-0.2, -0.15) is 4.31 Å². The summed E-state index contributed by atoms with van der Waals surface area (Å²) in [4.78, 5) is 15.8. The quantitative estimate of drug-likeness (QED) is 0.688. The number of aliphatic carboxylic acids is 1. The average Bonchev–Trinajstić information content (AvgIpc) is 3.00. The van der Waals surface area contributed by atoms with Crippen molar-refractivity contribution in [3.8, 4) is 0 Å². The molecular formula is C20H20FN3O4S. The zero-order valence-corrected chi connectivity index (χ0v) is 16.6. The molecule has 29 heavy (non-hydrogen) atoms. The van der Waals surface area contributed by atoms with Crippen LogP contribution < -0.4 is 0 Å². The summed E-state index contributed by atoms with van der Waals surface area (Å²) in [6.45, 7) is -0.161. The van der Waals surface area contributed by atoms with Gasteiger partial charge < -0.3 is 9.67 Å². The highest BCUT2D eigenvalue weighted by atomic mass is 32.2. The maximum Gasteiger partial charge on any atom is 0.323 e. The number of nitrogens with zero attached hydrogens (tertiary/aromatic N) is 3. The van der Waals surface area contributed by atoms with E-state index < -0.39 is 21.8 Å². The number of benzene rings is 1. The van der Waals surface area contributed by atoms with Crippen LogP contribution in [0.1, 0.15) is 17.7 Å². The normalized spacial score (nSPS) is 16.9. The van der Waals surface area contributed by atoms with Crippen molar-refractivity contribution in [1.29, 1.82) is 0 Å². The van der Waals surface area contributed by atoms with Crippen LogP contribution in [0.15, 0.2) is 47.5 Å². The number of hydrogen-bond donors (Lipinski definition) is 1. The van der Waals surface area contributed by atoms with E-state index in [1.807, 2.05) is 6.07 Å². The molecule has 152 valence electrons. The van der Waals surface area contributed by atoms with Crippen LogP contribution in [0.4, 0.5) is 4.39 Å². The summed E-state index contributed by atoms with van der Waals surface area (Å²) in [6, 6.07) is 8.06. The second-order valence-corrected chi connectivity index (χ2v) is 9.15. The van der Waals surface area contributed by atoms with Crippen molar-refractivity contribution in [2.75, 3.05) is 7.05 Å². The van der Waals surface area contributed by atoms with Gasteiger partial charge in [0.1, 0.15) is 12.4 Å². The van der Waals surface area contributed by atoms with Crippen LogP contribution >= 0.6 is 0 Å². The van der Waals surface area contributed by atoms with Crippen LogP contribution in [-0.4, -0.2) is 46.4 Å². The molecule has 0 amide bonds. The number of fused-ring (bicyclic) bond motifs is 3. The Morgan fingerprint density at radius 2 is 2.03 bits per heavy atom. The van der Waals surface area contributed by atoms with E-state index in [4.69, 9.17) is 0 Å². The van der Waals surface area contributed by atoms with Gasteiger partial charge in [-0.3, -0.25) is 9.78 Å². The number of pyridine rings is 1. The van der Waals surface area contributed by atoms with Crippen LogP contribution in [0.3, 0.4) is 0 Å². The molecule has 0 saturated heterocycles. The molecule has 0 spiro atoms. The Morgan fingerprint density at radius 1 is 1.31 bits per heavy atom. The molecule has 0 radical (unpaired) electrons. The molecule has 7 nitrogen and oxygen atoms in total. The Kier molecular flexibility index (Phi) is 4.87. The molecule has 3 aromatic rings. The van der Waals surface area contributed by atoms with Crippen molar-refractivity contribution in [2.24, 2.45) is 0 Å². The van der Waals surface area contributed by atoms with E-state index in [0.717, 1.165) is 28.9 Å². The second-order valence-electron chi connectivity index (χ2n) is 7.15. The van der Waals surface area contributed by atoms with Gasteiger partial charge in [-0.25, -0.2) is 12.8 Å². The van der Waals surface area contributed by atoms with E-state index in [1.165, 1.54) is 23.5 Å². The fourth-order valence-electron chi connectivity index (χ4n) is 4.03. The highest BCUT2D eigenvalue weighted by molar-refractivity contribution is 7.89. The Hall–Kier alpha value is -2.78. The second kappa shape index (κ2) is 7.23. The van der Waals surface area contributed by atoms with Crippen molar-refractivity contribution in [3.63, 3.8) is 0 Å². The van der Waals surface area contributed by atoms with Gasteiger partial charge in [0.2, 0.25) is 10.0 Å². The number of aromatic nitrogens is 2. The summed E-state index contributed by atoms with van der Waals surface area (Å²) >= 11 is 0. The summed E-state index contributed by atoms with van der Waals surface area (Å²) in [5.41, 5.74) is 3.23. The summed E-state index contributed by atoms with van der Waals surface area (Å²) in [5, 5.41) is 9.28. The highest BCUT2D eigenvalue weighted by Gasteiger charge is 2.34. The minimum Gasteiger partial charge on any atom is -0.480 e. The molecule has 1 N–H and O–H groups in total. The lowest BCUT2D eigenvalue weighted by molar-refractivity contribution is -0.137. The Bertz CT molecular complexity index is 1190. The summed E-state index contributed by atoms with van der Waals surface area (Å²) < 4.78 is 42.2. The van der Waals surface area contributed by atoms with Crippen LogP contribution in [0.2, 0.25) is 0 Å². The predicted molar refractivity (Wildman–Crippen MR) is 105 cm³/mol. The minimum absolute atomic E-state index is 0.0404. The fraction of sp³-hybridized carbons (Fsp3) is 0.300. The maximum absolute atomic E-state index is 13.2. The van der Waals surface area contributed by atoms with E-state index in [2.05, 4.69) is 4.98 Å². The predicted octanol–water partition coefficient (Wildman–Crippen LogP) is 2.44. The van der Waals surface area contributed by atoms with Crippen molar-refractivity contribution in [3.05, 3.63) is 59.7 Å². The topological polar surface area (TPSA) is 92.5 Å². The van der Waals surface area contributed by atoms with Gasteiger partial charge in [0.05, 0.1) is 15.9 Å². The zero-order chi connectivity index (χ0) is 20.8. The lowest BCUT2D eigenvalue weighted by atomic mass is 9.92. The number of halogens is 1. The molecule has 0 aliphatic heterocycles. The molecule has 2 aromatic heterocycles. The molecule has 0 unspecified atom stereocenters. The van der Waals surface area contributed by atoms with Gasteiger partial charge in [0.25, 0.3) is 0 Å². The number of carboxylic acids is 1. The molecule has 1 aliphatic carbocycles. The Balaban J connectivity index is 1.70. The molecule has 1 atom stereocenters. The molecule has 0 bridgehead atoms. The molecule has 0 fully saturated rings. The smallest absolute Gasteiger partial charge is 0.323 e. The van der Waals surface area contributed by atoms with E-state index in [0.29, 0.717) is 24.8 Å². The monoisotopic (exact) mass is 417 g/mol. The lowest BCUT2D eigenvalue weighted by Crippen LogP contribution is -2.40. The number of carbonyl (C=O) groups is 1. The first kappa shape index (κ1) is 19.5. The van der Waals surface area contributed by atoms with Gasteiger partial charge in [0, 0.05) is 30.5 Å². The van der Waals surface area contributed by atoms with Gasteiger partial charge in [-0.15, -0.1) is 0 Å². The van der Waals surface area contributed by atoms with E-state index in [9.17, 15) is 22.7 Å². The summed E-state index contributed by atoms with van der Waals surface area (Å²) in [5.74, 6) is -1.43. The van der Waals surface area contributed by atoms with Gasteiger partial charge in [0.15, 0.2) is 0 Å². The first-order valence-electron chi connectivity index (χ1n) is 9.19. The third-order valence-electron chi connectivity index (χ3n) is 5.49. The van der Waals surface area contributed by atoms with Gasteiger partial charge in [-0.1, -0.05) is 0 Å². The molecule has 1 aromatic carbocycles. The third-order valence-corrected chi connectivity index (χ3v) is 7.41. The number of hydrogen-bond acceptors (Lipinski definition) is 4. The summed E-state index contributed by atoms with van der Waals surface area (Å²) in [6.07, 6.45) is 3.19. The number of carboxylic acid groups (broad SMARTS) is 1. The summed E-state index contributed by atoms with van der Waals surface area (Å²) in [7, 11) is -2.25. The molecule has 0 saturated carbocycles. The SMILES string of the molecule is CN([C@H]1CCc2c(c3ncccc3n2CC(=O)O)C1)S(=O)(=O)c1ccc(F)cc1. The van der Waals surface area contributed by atoms with Gasteiger partial charge >= 0.3 is 5.97 Å². The van der Waals surface area contributed by atoms with Crippen molar-refractivity contribution in [1.82, 2.24) is 13.9 Å². The Morgan fingerprint density at radius 3 is 2.72 bits per heavy atom. The first-order valence-corrected chi connectivity index (χ1v) is 10.6. The van der Waals surface area contributed by atoms with Crippen molar-refractivity contribution in [2.45, 2.75) is 36.7 Å². The average molecular weight is 417 g/mol. The van der Waals surface area contributed by atoms with Crippen molar-refractivity contribution < 1.29 is 22.7 Å². The van der Waals surface area contributed by atoms with Crippen molar-refractivity contribution >= 4 is 27.0 Å². The maximum atomic E-state index is 13.2. The standard InChI is InChI=1S/C20H20FN3O4S/c1-23(29(27,28)15-7-4-13(21)5-8-15)14-6-9-17-16(11-14)20-18(3-2-10-22-20)24(17)12-19(25)26/h2-5,7-8,10,14H,6,9,11-12H2,1H3,(H,25,26)/t14-/m0/s1. The number of likely N-dealkylation sites (N-methyl/N-ethyl adjacent to an activating group) is 1. The van der Waals surface area contributed by atoms with E-state index in [1.54, 1.807) is 16.8 Å². The Labute approximate surface area is 167 Å². The zero-order valence-electron chi connectivity index (χ0n) is 15.7. The fourth-order valence-corrected chi connectivity index (χ4v) is 5.41. The van der Waals surface area contributed by atoms with E-state index in [-0.39, 0.29) is 17.5 Å².